The Balaban J connectivity index is 3.21. The number of aromatic carboxylic acids is 1. The number of carbonyl (C=O) groups is 1. The summed E-state index contributed by atoms with van der Waals surface area (Å²) in [7, 11) is 0. The minimum absolute atomic E-state index is 0.00417. The van der Waals surface area contributed by atoms with Crippen LogP contribution in [0.2, 0.25) is 0 Å². The molecule has 0 unspecified atom stereocenters. The van der Waals surface area contributed by atoms with Crippen LogP contribution in [-0.2, 0) is 5.60 Å². The van der Waals surface area contributed by atoms with E-state index in [0.29, 0.717) is 11.3 Å². The van der Waals surface area contributed by atoms with Crippen molar-refractivity contribution in [1.82, 2.24) is 4.98 Å². The fourth-order valence-corrected chi connectivity index (χ4v) is 1.33. The summed E-state index contributed by atoms with van der Waals surface area (Å²) in [5.41, 5.74) is 0.184. The van der Waals surface area contributed by atoms with Crippen LogP contribution in [0.25, 0.3) is 0 Å². The maximum absolute atomic E-state index is 10.6. The molecule has 0 aliphatic heterocycles. The predicted molar refractivity (Wildman–Crippen MR) is 51.2 cm³/mol. The van der Waals surface area contributed by atoms with Crippen molar-refractivity contribution in [2.45, 2.75) is 26.4 Å². The second kappa shape index (κ2) is 3.38. The largest absolute Gasteiger partial charge is 0.477 e. The Morgan fingerprint density at radius 2 is 2.00 bits per heavy atom. The molecule has 0 fully saturated rings. The van der Waals surface area contributed by atoms with Crippen molar-refractivity contribution in [3.05, 3.63) is 29.1 Å². The first-order chi connectivity index (χ1) is 6.32. The van der Waals surface area contributed by atoms with Crippen LogP contribution in [0.15, 0.2) is 12.1 Å². The van der Waals surface area contributed by atoms with Crippen molar-refractivity contribution in [2.24, 2.45) is 0 Å². The fraction of sp³-hybridized carbons (Fsp3) is 0.400. The zero-order chi connectivity index (χ0) is 10.9. The van der Waals surface area contributed by atoms with Gasteiger partial charge >= 0.3 is 5.97 Å². The molecule has 0 spiro atoms. The van der Waals surface area contributed by atoms with E-state index in [1.54, 1.807) is 26.8 Å². The number of rotatable bonds is 2. The molecule has 76 valence electrons. The molecule has 0 amide bonds. The monoisotopic (exact) mass is 195 g/mol. The molecule has 0 saturated heterocycles. The maximum atomic E-state index is 10.6. The van der Waals surface area contributed by atoms with Crippen LogP contribution in [-0.4, -0.2) is 21.2 Å². The lowest BCUT2D eigenvalue weighted by molar-refractivity contribution is 0.0682. The Morgan fingerprint density at radius 1 is 1.43 bits per heavy atom. The van der Waals surface area contributed by atoms with Gasteiger partial charge in [0.2, 0.25) is 0 Å². The van der Waals surface area contributed by atoms with E-state index in [0.717, 1.165) is 0 Å². The van der Waals surface area contributed by atoms with Crippen LogP contribution in [0.5, 0.6) is 0 Å². The van der Waals surface area contributed by atoms with Crippen LogP contribution in [0, 0.1) is 6.92 Å². The summed E-state index contributed by atoms with van der Waals surface area (Å²) in [6.45, 7) is 4.95. The summed E-state index contributed by atoms with van der Waals surface area (Å²) in [6.07, 6.45) is 0. The first kappa shape index (κ1) is 10.7. The molecule has 1 rings (SSSR count). The molecule has 0 aliphatic rings. The van der Waals surface area contributed by atoms with Crippen LogP contribution >= 0.6 is 0 Å². The Labute approximate surface area is 82.2 Å². The molecule has 0 aliphatic carbocycles. The Kier molecular flexibility index (Phi) is 2.57. The second-order valence-corrected chi connectivity index (χ2v) is 3.69. The van der Waals surface area contributed by atoms with Crippen molar-refractivity contribution >= 4 is 5.97 Å². The molecule has 4 nitrogen and oxygen atoms in total. The normalized spacial score (nSPS) is 11.4. The molecule has 1 heterocycles. The highest BCUT2D eigenvalue weighted by atomic mass is 16.4. The zero-order valence-electron chi connectivity index (χ0n) is 8.40. The highest BCUT2D eigenvalue weighted by Gasteiger charge is 2.20. The molecule has 2 N–H and O–H groups in total. The summed E-state index contributed by atoms with van der Waals surface area (Å²) >= 11 is 0. The van der Waals surface area contributed by atoms with E-state index >= 15 is 0 Å². The topological polar surface area (TPSA) is 70.4 Å². The number of carboxylic acid groups (broad SMARTS) is 1. The lowest BCUT2D eigenvalue weighted by Crippen LogP contribution is -2.18. The van der Waals surface area contributed by atoms with Gasteiger partial charge in [0.1, 0.15) is 5.69 Å². The van der Waals surface area contributed by atoms with Crippen LogP contribution < -0.4 is 0 Å². The second-order valence-electron chi connectivity index (χ2n) is 3.69. The average molecular weight is 195 g/mol. The van der Waals surface area contributed by atoms with Gasteiger partial charge in [-0.1, -0.05) is 6.07 Å². The van der Waals surface area contributed by atoms with E-state index in [1.165, 1.54) is 6.07 Å². The van der Waals surface area contributed by atoms with E-state index in [-0.39, 0.29) is 5.69 Å². The highest BCUT2D eigenvalue weighted by Crippen LogP contribution is 2.22. The fourth-order valence-electron chi connectivity index (χ4n) is 1.33. The smallest absolute Gasteiger partial charge is 0.354 e. The number of nitrogens with zero attached hydrogens (tertiary/aromatic N) is 1. The molecule has 1 aromatic heterocycles. The number of carboxylic acids is 1. The Morgan fingerprint density at radius 3 is 2.36 bits per heavy atom. The summed E-state index contributed by atoms with van der Waals surface area (Å²) in [6, 6.07) is 2.98. The summed E-state index contributed by atoms with van der Waals surface area (Å²) < 4.78 is 0. The van der Waals surface area contributed by atoms with Crippen molar-refractivity contribution in [1.29, 1.82) is 0 Å². The van der Waals surface area contributed by atoms with E-state index in [2.05, 4.69) is 4.98 Å². The SMILES string of the molecule is Cc1nc(C(=O)O)ccc1C(C)(C)O. The van der Waals surface area contributed by atoms with Crippen LogP contribution in [0.4, 0.5) is 0 Å². The van der Waals surface area contributed by atoms with Crippen molar-refractivity contribution < 1.29 is 15.0 Å². The molecule has 0 aromatic carbocycles. The van der Waals surface area contributed by atoms with Gasteiger partial charge in [-0.3, -0.25) is 0 Å². The van der Waals surface area contributed by atoms with Gasteiger partial charge < -0.3 is 10.2 Å². The van der Waals surface area contributed by atoms with E-state index in [1.807, 2.05) is 0 Å². The van der Waals surface area contributed by atoms with E-state index in [9.17, 15) is 9.90 Å². The average Bonchev–Trinajstić information content (AvgIpc) is 2.01. The van der Waals surface area contributed by atoms with Gasteiger partial charge in [0.15, 0.2) is 0 Å². The molecular weight excluding hydrogens is 182 g/mol. The summed E-state index contributed by atoms with van der Waals surface area (Å²) in [4.78, 5) is 14.5. The third kappa shape index (κ3) is 2.09. The maximum Gasteiger partial charge on any atom is 0.354 e. The molecule has 0 radical (unpaired) electrons. The van der Waals surface area contributed by atoms with Crippen molar-refractivity contribution in [2.75, 3.05) is 0 Å². The van der Waals surface area contributed by atoms with E-state index < -0.39 is 11.6 Å². The number of aliphatic hydroxyl groups is 1. The zero-order valence-corrected chi connectivity index (χ0v) is 8.40. The molecule has 0 atom stereocenters. The third-order valence-electron chi connectivity index (χ3n) is 1.96. The highest BCUT2D eigenvalue weighted by molar-refractivity contribution is 5.85. The quantitative estimate of drug-likeness (QED) is 0.746. The van der Waals surface area contributed by atoms with Gasteiger partial charge in [0, 0.05) is 11.3 Å². The predicted octanol–water partition coefficient (Wildman–Crippen LogP) is 1.32. The standard InChI is InChI=1S/C10H13NO3/c1-6-7(10(2,3)14)4-5-8(11-6)9(12)13/h4-5,14H,1-3H3,(H,12,13). The number of pyridine rings is 1. The molecule has 1 aromatic rings. The Hall–Kier alpha value is -1.42. The lowest BCUT2D eigenvalue weighted by atomic mass is 9.97. The first-order valence-corrected chi connectivity index (χ1v) is 4.26. The van der Waals surface area contributed by atoms with Gasteiger partial charge in [-0.05, 0) is 26.8 Å². The minimum atomic E-state index is -1.06. The van der Waals surface area contributed by atoms with Gasteiger partial charge in [0.05, 0.1) is 5.60 Å². The van der Waals surface area contributed by atoms with Gasteiger partial charge in [-0.25, -0.2) is 9.78 Å². The van der Waals surface area contributed by atoms with Gasteiger partial charge in [-0.15, -0.1) is 0 Å². The van der Waals surface area contributed by atoms with Crippen molar-refractivity contribution in [3.63, 3.8) is 0 Å². The van der Waals surface area contributed by atoms with Gasteiger partial charge in [-0.2, -0.15) is 0 Å². The molecule has 4 heteroatoms. The van der Waals surface area contributed by atoms with E-state index in [4.69, 9.17) is 5.11 Å². The van der Waals surface area contributed by atoms with Gasteiger partial charge in [0.25, 0.3) is 0 Å². The number of hydrogen-bond acceptors (Lipinski definition) is 3. The van der Waals surface area contributed by atoms with Crippen LogP contribution in [0.1, 0.15) is 35.6 Å². The molecule has 0 saturated carbocycles. The summed E-state index contributed by atoms with van der Waals surface area (Å²) in [5, 5.41) is 18.4. The van der Waals surface area contributed by atoms with Crippen LogP contribution in [0.3, 0.4) is 0 Å². The summed E-state index contributed by atoms with van der Waals surface area (Å²) in [5.74, 6) is -1.06. The number of aryl methyl sites for hydroxylation is 1. The third-order valence-corrected chi connectivity index (χ3v) is 1.96. The molecular formula is C10H13NO3. The Bertz CT molecular complexity index is 366. The van der Waals surface area contributed by atoms with Crippen molar-refractivity contribution in [3.8, 4) is 0 Å². The molecule has 14 heavy (non-hydrogen) atoms. The number of hydrogen-bond donors (Lipinski definition) is 2. The minimum Gasteiger partial charge on any atom is -0.477 e. The molecule has 0 bridgehead atoms. The number of aromatic nitrogens is 1. The lowest BCUT2D eigenvalue weighted by Gasteiger charge is -2.19. The first-order valence-electron chi connectivity index (χ1n) is 4.26.